The predicted molar refractivity (Wildman–Crippen MR) is 117 cm³/mol. The number of aliphatic hydroxyl groups excluding tert-OH is 1. The highest BCUT2D eigenvalue weighted by molar-refractivity contribution is 5.95. The van der Waals surface area contributed by atoms with Crippen LogP contribution in [0.1, 0.15) is 45.4 Å². The Labute approximate surface area is 195 Å². The van der Waals surface area contributed by atoms with Crippen molar-refractivity contribution in [2.75, 3.05) is 6.54 Å². The van der Waals surface area contributed by atoms with Crippen molar-refractivity contribution >= 4 is 35.6 Å². The monoisotopic (exact) mass is 490 g/mol. The van der Waals surface area contributed by atoms with Gasteiger partial charge in [-0.15, -0.1) is 0 Å². The molecule has 0 aliphatic rings. The molecule has 0 bridgehead atoms. The molecule has 15 heteroatoms. The van der Waals surface area contributed by atoms with Crippen LogP contribution in [-0.2, 0) is 28.8 Å². The quantitative estimate of drug-likeness (QED) is 0.0888. The van der Waals surface area contributed by atoms with Crippen LogP contribution in [0.25, 0.3) is 0 Å². The summed E-state index contributed by atoms with van der Waals surface area (Å²) in [7, 11) is 0. The molecule has 5 unspecified atom stereocenters. The molecule has 15 nitrogen and oxygen atoms in total. The zero-order chi connectivity index (χ0) is 26.4. The Morgan fingerprint density at radius 2 is 1.41 bits per heavy atom. The summed E-state index contributed by atoms with van der Waals surface area (Å²) in [4.78, 5) is 71.1. The van der Waals surface area contributed by atoms with Gasteiger partial charge in [0.05, 0.1) is 18.6 Å². The zero-order valence-electron chi connectivity index (χ0n) is 18.9. The van der Waals surface area contributed by atoms with Gasteiger partial charge in [-0.1, -0.05) is 6.42 Å². The number of aliphatic hydroxyl groups is 1. The van der Waals surface area contributed by atoms with E-state index in [9.17, 15) is 33.9 Å². The summed E-state index contributed by atoms with van der Waals surface area (Å²) in [6, 6.07) is -5.90. The number of amides is 4. The molecule has 0 saturated heterocycles. The standard InChI is InChI=1S/C19H34N6O9/c1-9(26)15(19(33)34)25-17(31)11(5-6-13(22)27)23-18(32)12(8-14(28)29)24-16(30)10(21)4-2-3-7-20/h9-12,15,26H,2-8,20-21H2,1H3,(H2,22,27)(H,23,32)(H,24,30)(H,25,31)(H,28,29)(H,33,34). The fourth-order valence-corrected chi connectivity index (χ4v) is 2.77. The van der Waals surface area contributed by atoms with Gasteiger partial charge in [-0.05, 0) is 32.7 Å². The van der Waals surface area contributed by atoms with E-state index in [0.717, 1.165) is 6.92 Å². The Morgan fingerprint density at radius 1 is 0.853 bits per heavy atom. The molecule has 0 aromatic carbocycles. The minimum absolute atomic E-state index is 0.240. The number of aliphatic carboxylic acids is 2. The van der Waals surface area contributed by atoms with E-state index in [1.807, 2.05) is 5.32 Å². The first kappa shape index (κ1) is 30.7. The lowest BCUT2D eigenvalue weighted by atomic mass is 10.1. The Morgan fingerprint density at radius 3 is 1.88 bits per heavy atom. The van der Waals surface area contributed by atoms with Gasteiger partial charge in [-0.2, -0.15) is 0 Å². The number of hydrogen-bond acceptors (Lipinski definition) is 9. The van der Waals surface area contributed by atoms with Crippen molar-refractivity contribution in [3.05, 3.63) is 0 Å². The molecule has 4 amide bonds. The van der Waals surface area contributed by atoms with E-state index in [0.29, 0.717) is 19.4 Å². The summed E-state index contributed by atoms with van der Waals surface area (Å²) < 4.78 is 0. The molecule has 0 aliphatic heterocycles. The highest BCUT2D eigenvalue weighted by Crippen LogP contribution is 2.04. The van der Waals surface area contributed by atoms with Crippen molar-refractivity contribution in [1.82, 2.24) is 16.0 Å². The number of carboxylic acids is 2. The average molecular weight is 491 g/mol. The van der Waals surface area contributed by atoms with Crippen molar-refractivity contribution < 1.29 is 44.1 Å². The SMILES string of the molecule is CC(O)C(NC(=O)C(CCC(N)=O)NC(=O)C(CC(=O)O)NC(=O)C(N)CCCCN)C(=O)O. The van der Waals surface area contributed by atoms with E-state index in [2.05, 4.69) is 10.6 Å². The molecule has 5 atom stereocenters. The molecule has 0 radical (unpaired) electrons. The first-order valence-corrected chi connectivity index (χ1v) is 10.6. The van der Waals surface area contributed by atoms with E-state index in [1.165, 1.54) is 0 Å². The fraction of sp³-hybridized carbons (Fsp3) is 0.684. The van der Waals surface area contributed by atoms with Crippen molar-refractivity contribution in [3.63, 3.8) is 0 Å². The number of rotatable bonds is 17. The molecule has 0 aromatic rings. The molecule has 0 aromatic heterocycles. The fourth-order valence-electron chi connectivity index (χ4n) is 2.77. The third-order valence-corrected chi connectivity index (χ3v) is 4.68. The second-order valence-corrected chi connectivity index (χ2v) is 7.68. The number of unbranched alkanes of at least 4 members (excludes halogenated alkanes) is 1. The highest BCUT2D eigenvalue weighted by Gasteiger charge is 2.32. The van der Waals surface area contributed by atoms with Gasteiger partial charge in [0.1, 0.15) is 12.1 Å². The maximum atomic E-state index is 12.7. The van der Waals surface area contributed by atoms with Crippen molar-refractivity contribution in [2.45, 2.75) is 75.7 Å². The van der Waals surface area contributed by atoms with E-state index in [-0.39, 0.29) is 19.3 Å². The summed E-state index contributed by atoms with van der Waals surface area (Å²) in [6.07, 6.45) is -1.69. The summed E-state index contributed by atoms with van der Waals surface area (Å²) in [5.74, 6) is -6.76. The van der Waals surface area contributed by atoms with Gasteiger partial charge in [0.25, 0.3) is 0 Å². The van der Waals surface area contributed by atoms with Gasteiger partial charge in [0, 0.05) is 6.42 Å². The lowest BCUT2D eigenvalue weighted by Gasteiger charge is -2.25. The highest BCUT2D eigenvalue weighted by atomic mass is 16.4. The van der Waals surface area contributed by atoms with Gasteiger partial charge in [0.15, 0.2) is 6.04 Å². The summed E-state index contributed by atoms with van der Waals surface area (Å²) in [6.45, 7) is 1.51. The Hall–Kier alpha value is -3.30. The molecule has 0 fully saturated rings. The summed E-state index contributed by atoms with van der Waals surface area (Å²) in [5.41, 5.74) is 16.2. The molecule has 194 valence electrons. The van der Waals surface area contributed by atoms with Gasteiger partial charge < -0.3 is 48.5 Å². The Kier molecular flexibility index (Phi) is 14.0. The van der Waals surface area contributed by atoms with Gasteiger partial charge >= 0.3 is 11.9 Å². The van der Waals surface area contributed by atoms with Crippen molar-refractivity contribution in [1.29, 1.82) is 0 Å². The lowest BCUT2D eigenvalue weighted by molar-refractivity contribution is -0.145. The van der Waals surface area contributed by atoms with Crippen LogP contribution in [0, 0.1) is 0 Å². The number of carbonyl (C=O) groups is 6. The van der Waals surface area contributed by atoms with Crippen LogP contribution in [0.15, 0.2) is 0 Å². The van der Waals surface area contributed by atoms with Crippen LogP contribution in [0.3, 0.4) is 0 Å². The molecule has 34 heavy (non-hydrogen) atoms. The Balaban J connectivity index is 5.50. The van der Waals surface area contributed by atoms with Crippen molar-refractivity contribution in [2.24, 2.45) is 17.2 Å². The second kappa shape index (κ2) is 15.5. The van der Waals surface area contributed by atoms with Crippen LogP contribution < -0.4 is 33.2 Å². The number of carbonyl (C=O) groups excluding carboxylic acids is 4. The smallest absolute Gasteiger partial charge is 0.328 e. The first-order valence-electron chi connectivity index (χ1n) is 10.6. The number of primary amides is 1. The first-order chi connectivity index (χ1) is 15.8. The van der Waals surface area contributed by atoms with Crippen LogP contribution >= 0.6 is 0 Å². The van der Waals surface area contributed by atoms with Crippen LogP contribution in [0.5, 0.6) is 0 Å². The maximum absolute atomic E-state index is 12.7. The molecule has 0 rings (SSSR count). The van der Waals surface area contributed by atoms with Crippen molar-refractivity contribution in [3.8, 4) is 0 Å². The summed E-state index contributed by atoms with van der Waals surface area (Å²) >= 11 is 0. The molecule has 0 heterocycles. The third-order valence-electron chi connectivity index (χ3n) is 4.68. The second-order valence-electron chi connectivity index (χ2n) is 7.68. The topological polar surface area (TPSA) is 277 Å². The van der Waals surface area contributed by atoms with Gasteiger partial charge in [-0.3, -0.25) is 24.0 Å². The van der Waals surface area contributed by atoms with Gasteiger partial charge in [0.2, 0.25) is 23.6 Å². The molecular formula is C19H34N6O9. The maximum Gasteiger partial charge on any atom is 0.328 e. The normalized spacial score (nSPS) is 15.2. The van der Waals surface area contributed by atoms with E-state index < -0.39 is 72.3 Å². The number of carboxylic acid groups (broad SMARTS) is 2. The molecule has 0 spiro atoms. The summed E-state index contributed by atoms with van der Waals surface area (Å²) in [5, 5.41) is 34.2. The van der Waals surface area contributed by atoms with Crippen LogP contribution in [-0.4, -0.2) is 87.7 Å². The minimum Gasteiger partial charge on any atom is -0.481 e. The predicted octanol–water partition coefficient (Wildman–Crippen LogP) is -3.90. The van der Waals surface area contributed by atoms with E-state index >= 15 is 0 Å². The largest absolute Gasteiger partial charge is 0.481 e. The number of nitrogens with two attached hydrogens (primary N) is 3. The molecular weight excluding hydrogens is 456 g/mol. The minimum atomic E-state index is -1.72. The average Bonchev–Trinajstić information content (AvgIpc) is 2.72. The van der Waals surface area contributed by atoms with Crippen LogP contribution in [0.2, 0.25) is 0 Å². The van der Waals surface area contributed by atoms with E-state index in [4.69, 9.17) is 27.4 Å². The number of hydrogen-bond donors (Lipinski definition) is 9. The van der Waals surface area contributed by atoms with E-state index in [1.54, 1.807) is 0 Å². The molecule has 0 saturated carbocycles. The molecule has 0 aliphatic carbocycles. The number of nitrogens with one attached hydrogen (secondary N) is 3. The molecule has 12 N–H and O–H groups in total. The zero-order valence-corrected chi connectivity index (χ0v) is 18.9. The van der Waals surface area contributed by atoms with Crippen LogP contribution in [0.4, 0.5) is 0 Å². The third kappa shape index (κ3) is 12.1. The van der Waals surface area contributed by atoms with Gasteiger partial charge in [-0.25, -0.2) is 4.79 Å². The Bertz CT molecular complexity index is 746. The lowest BCUT2D eigenvalue weighted by Crippen LogP contribution is -2.58.